The van der Waals surface area contributed by atoms with Gasteiger partial charge in [0.2, 0.25) is 0 Å². The summed E-state index contributed by atoms with van der Waals surface area (Å²) in [6.07, 6.45) is 0. The van der Waals surface area contributed by atoms with Crippen molar-refractivity contribution in [3.05, 3.63) is 35.9 Å². The summed E-state index contributed by atoms with van der Waals surface area (Å²) in [6.45, 7) is 1.91. The molecule has 0 N–H and O–H groups in total. The topological polar surface area (TPSA) is 20.3 Å². The lowest BCUT2D eigenvalue weighted by Crippen LogP contribution is -2.32. The number of hydrogen-bond acceptors (Lipinski definition) is 2. The number of carbonyl (C=O) groups excluding carboxylic acids is 1. The van der Waals surface area contributed by atoms with Gasteiger partial charge in [-0.15, -0.1) is 0 Å². The molecule has 1 atom stereocenters. The summed E-state index contributed by atoms with van der Waals surface area (Å²) >= 11 is 0. The molecule has 0 saturated heterocycles. The van der Waals surface area contributed by atoms with Crippen molar-refractivity contribution in [3.8, 4) is 0 Å². The Kier molecular flexibility index (Phi) is 3.20. The van der Waals surface area contributed by atoms with E-state index in [1.807, 2.05) is 56.3 Å². The Hall–Kier alpha value is -1.15. The summed E-state index contributed by atoms with van der Waals surface area (Å²) in [5.74, 6) is 0.172. The Bertz CT molecular complexity index is 279. The van der Waals surface area contributed by atoms with E-state index >= 15 is 0 Å². The van der Waals surface area contributed by atoms with Crippen LogP contribution in [0.25, 0.3) is 0 Å². The predicted molar refractivity (Wildman–Crippen MR) is 53.9 cm³/mol. The van der Waals surface area contributed by atoms with Gasteiger partial charge in [0.05, 0.1) is 6.04 Å². The predicted octanol–water partition coefficient (Wildman–Crippen LogP) is 1.82. The average Bonchev–Trinajstić information content (AvgIpc) is 2.17. The van der Waals surface area contributed by atoms with Crippen molar-refractivity contribution < 1.29 is 4.79 Å². The molecule has 0 aliphatic carbocycles. The summed E-state index contributed by atoms with van der Waals surface area (Å²) in [7, 11) is 3.82. The monoisotopic (exact) mass is 177 g/mol. The summed E-state index contributed by atoms with van der Waals surface area (Å²) < 4.78 is 0. The van der Waals surface area contributed by atoms with Crippen molar-refractivity contribution in [2.45, 2.75) is 13.0 Å². The zero-order valence-electron chi connectivity index (χ0n) is 8.32. The van der Waals surface area contributed by atoms with Crippen LogP contribution >= 0.6 is 0 Å². The molecule has 0 unspecified atom stereocenters. The van der Waals surface area contributed by atoms with Crippen molar-refractivity contribution in [1.29, 1.82) is 0 Å². The molecular formula is C11H15NO. The Balaban J connectivity index is 2.80. The van der Waals surface area contributed by atoms with E-state index in [1.165, 1.54) is 0 Å². The summed E-state index contributed by atoms with van der Waals surface area (Å²) in [5, 5.41) is 0. The molecule has 0 heterocycles. The van der Waals surface area contributed by atoms with Gasteiger partial charge in [-0.2, -0.15) is 0 Å². The minimum Gasteiger partial charge on any atom is -0.300 e. The highest BCUT2D eigenvalue weighted by molar-refractivity contribution is 5.99. The van der Waals surface area contributed by atoms with Crippen molar-refractivity contribution in [2.75, 3.05) is 14.1 Å². The fraction of sp³-hybridized carbons (Fsp3) is 0.364. The second-order valence-corrected chi connectivity index (χ2v) is 3.37. The molecule has 0 saturated carbocycles. The number of nitrogens with zero attached hydrogens (tertiary/aromatic N) is 1. The smallest absolute Gasteiger partial charge is 0.179 e. The van der Waals surface area contributed by atoms with E-state index < -0.39 is 0 Å². The molecular weight excluding hydrogens is 162 g/mol. The third-order valence-corrected chi connectivity index (χ3v) is 2.21. The van der Waals surface area contributed by atoms with Gasteiger partial charge >= 0.3 is 0 Å². The van der Waals surface area contributed by atoms with Crippen molar-refractivity contribution in [2.24, 2.45) is 0 Å². The lowest BCUT2D eigenvalue weighted by molar-refractivity contribution is 0.0890. The number of benzene rings is 1. The number of likely N-dealkylation sites (N-methyl/N-ethyl adjacent to an activating group) is 1. The number of ketones is 1. The summed E-state index contributed by atoms with van der Waals surface area (Å²) in [5.41, 5.74) is 0.781. The first-order valence-electron chi connectivity index (χ1n) is 4.38. The Morgan fingerprint density at radius 2 is 1.77 bits per heavy atom. The van der Waals surface area contributed by atoms with E-state index in [0.717, 1.165) is 5.56 Å². The van der Waals surface area contributed by atoms with E-state index in [4.69, 9.17) is 0 Å². The molecule has 0 aliphatic rings. The normalized spacial score (nSPS) is 12.9. The van der Waals surface area contributed by atoms with Gasteiger partial charge in [-0.25, -0.2) is 0 Å². The lowest BCUT2D eigenvalue weighted by atomic mass is 10.1. The molecule has 2 nitrogen and oxygen atoms in total. The van der Waals surface area contributed by atoms with Crippen LogP contribution < -0.4 is 0 Å². The third-order valence-electron chi connectivity index (χ3n) is 2.21. The fourth-order valence-electron chi connectivity index (χ4n) is 1.08. The summed E-state index contributed by atoms with van der Waals surface area (Å²) in [4.78, 5) is 13.7. The fourth-order valence-corrected chi connectivity index (χ4v) is 1.08. The maximum atomic E-state index is 11.7. The van der Waals surface area contributed by atoms with Crippen molar-refractivity contribution in [3.63, 3.8) is 0 Å². The Morgan fingerprint density at radius 1 is 1.23 bits per heavy atom. The molecule has 0 fully saturated rings. The van der Waals surface area contributed by atoms with E-state index in [1.54, 1.807) is 0 Å². The zero-order chi connectivity index (χ0) is 9.84. The first kappa shape index (κ1) is 9.93. The highest BCUT2D eigenvalue weighted by Gasteiger charge is 2.15. The third kappa shape index (κ3) is 2.39. The molecule has 0 aliphatic heterocycles. The van der Waals surface area contributed by atoms with Crippen molar-refractivity contribution in [1.82, 2.24) is 4.90 Å². The maximum Gasteiger partial charge on any atom is 0.179 e. The van der Waals surface area contributed by atoms with E-state index in [-0.39, 0.29) is 11.8 Å². The minimum absolute atomic E-state index is 0.0533. The molecule has 0 amide bonds. The Morgan fingerprint density at radius 3 is 2.23 bits per heavy atom. The number of Topliss-reactive ketones (excluding diaryl/α,β-unsaturated/α-hetero) is 1. The van der Waals surface area contributed by atoms with E-state index in [2.05, 4.69) is 0 Å². The summed E-state index contributed by atoms with van der Waals surface area (Å²) in [6, 6.07) is 9.33. The molecule has 2 heteroatoms. The first-order chi connectivity index (χ1) is 6.13. The standard InChI is InChI=1S/C11H15NO/c1-9(12(2)3)11(13)10-7-5-4-6-8-10/h4-9H,1-3H3/t9-/m0/s1. The van der Waals surface area contributed by atoms with Crippen LogP contribution in [0, 0.1) is 0 Å². The van der Waals surface area contributed by atoms with Crippen LogP contribution in [-0.2, 0) is 0 Å². The van der Waals surface area contributed by atoms with Gasteiger partial charge in [0, 0.05) is 5.56 Å². The van der Waals surface area contributed by atoms with Crippen LogP contribution in [0.15, 0.2) is 30.3 Å². The van der Waals surface area contributed by atoms with E-state index in [9.17, 15) is 4.79 Å². The molecule has 1 aromatic carbocycles. The second kappa shape index (κ2) is 4.19. The molecule has 70 valence electrons. The van der Waals surface area contributed by atoms with Crippen molar-refractivity contribution >= 4 is 5.78 Å². The molecule has 0 radical (unpaired) electrons. The van der Waals surface area contributed by atoms with Gasteiger partial charge in [0.15, 0.2) is 5.78 Å². The van der Waals surface area contributed by atoms with Gasteiger partial charge in [-0.05, 0) is 21.0 Å². The van der Waals surface area contributed by atoms with Crippen LogP contribution in [0.4, 0.5) is 0 Å². The highest BCUT2D eigenvalue weighted by Crippen LogP contribution is 2.05. The number of carbonyl (C=O) groups is 1. The molecule has 0 bridgehead atoms. The second-order valence-electron chi connectivity index (χ2n) is 3.37. The zero-order valence-corrected chi connectivity index (χ0v) is 8.32. The molecule has 1 rings (SSSR count). The molecule has 13 heavy (non-hydrogen) atoms. The molecule has 0 aromatic heterocycles. The molecule has 1 aromatic rings. The van der Waals surface area contributed by atoms with Crippen LogP contribution in [0.2, 0.25) is 0 Å². The SMILES string of the molecule is C[C@@H](C(=O)c1ccccc1)N(C)C. The quantitative estimate of drug-likeness (QED) is 0.656. The first-order valence-corrected chi connectivity index (χ1v) is 4.38. The van der Waals surface area contributed by atoms with Crippen LogP contribution in [0.5, 0.6) is 0 Å². The van der Waals surface area contributed by atoms with Crippen LogP contribution in [-0.4, -0.2) is 30.8 Å². The average molecular weight is 177 g/mol. The van der Waals surface area contributed by atoms with Gasteiger partial charge in [0.1, 0.15) is 0 Å². The minimum atomic E-state index is -0.0533. The largest absolute Gasteiger partial charge is 0.300 e. The van der Waals surface area contributed by atoms with Gasteiger partial charge in [-0.3, -0.25) is 9.69 Å². The van der Waals surface area contributed by atoms with Crippen LogP contribution in [0.1, 0.15) is 17.3 Å². The number of hydrogen-bond donors (Lipinski definition) is 0. The molecule has 0 spiro atoms. The van der Waals surface area contributed by atoms with Gasteiger partial charge < -0.3 is 0 Å². The van der Waals surface area contributed by atoms with Crippen LogP contribution in [0.3, 0.4) is 0 Å². The number of rotatable bonds is 3. The maximum absolute atomic E-state index is 11.7. The van der Waals surface area contributed by atoms with E-state index in [0.29, 0.717) is 0 Å². The van der Waals surface area contributed by atoms with Gasteiger partial charge in [-0.1, -0.05) is 30.3 Å². The highest BCUT2D eigenvalue weighted by atomic mass is 16.1. The van der Waals surface area contributed by atoms with Gasteiger partial charge in [0.25, 0.3) is 0 Å². The Labute approximate surface area is 79.2 Å². The lowest BCUT2D eigenvalue weighted by Gasteiger charge is -2.17.